The summed E-state index contributed by atoms with van der Waals surface area (Å²) >= 11 is 9.87. The smallest absolute Gasteiger partial charge is 0.248 e. The summed E-state index contributed by atoms with van der Waals surface area (Å²) < 4.78 is 2.86. The summed E-state index contributed by atoms with van der Waals surface area (Å²) in [6.07, 6.45) is 0. The first-order chi connectivity index (χ1) is 8.40. The topological polar surface area (TPSA) is 45.8 Å². The number of halogens is 3. The highest BCUT2D eigenvalue weighted by Gasteiger charge is 1.93. The van der Waals surface area contributed by atoms with Crippen molar-refractivity contribution in [3.8, 4) is 0 Å². The fraction of sp³-hybridized carbons (Fsp3) is 0.167. The van der Waals surface area contributed by atoms with E-state index in [9.17, 15) is 4.79 Å². The number of pyridine rings is 2. The Morgan fingerprint density at radius 2 is 1.61 bits per heavy atom. The van der Waals surface area contributed by atoms with Crippen molar-refractivity contribution in [2.75, 3.05) is 0 Å². The number of hydrogen-bond acceptors (Lipinski definition) is 2. The molecule has 2 heterocycles. The van der Waals surface area contributed by atoms with Gasteiger partial charge in [-0.25, -0.2) is 4.98 Å². The molecule has 6 heteroatoms. The molecular formula is C12H11Br3N2O. The third-order valence-corrected chi connectivity index (χ3v) is 4.18. The Labute approximate surface area is 130 Å². The van der Waals surface area contributed by atoms with Gasteiger partial charge in [0.25, 0.3) is 0 Å². The van der Waals surface area contributed by atoms with Gasteiger partial charge in [-0.3, -0.25) is 4.79 Å². The van der Waals surface area contributed by atoms with Gasteiger partial charge in [0.15, 0.2) is 0 Å². The summed E-state index contributed by atoms with van der Waals surface area (Å²) in [4.78, 5) is 17.3. The lowest BCUT2D eigenvalue weighted by atomic mass is 10.4. The van der Waals surface area contributed by atoms with Crippen molar-refractivity contribution >= 4 is 47.8 Å². The normalized spacial score (nSPS) is 9.61. The predicted octanol–water partition coefficient (Wildman–Crippen LogP) is 4.36. The molecule has 1 N–H and O–H groups in total. The van der Waals surface area contributed by atoms with Crippen LogP contribution in [-0.4, -0.2) is 9.97 Å². The van der Waals surface area contributed by atoms with E-state index in [2.05, 4.69) is 57.8 Å². The highest BCUT2D eigenvalue weighted by Crippen LogP contribution is 2.16. The second kappa shape index (κ2) is 7.21. The van der Waals surface area contributed by atoms with E-state index in [4.69, 9.17) is 0 Å². The zero-order valence-electron chi connectivity index (χ0n) is 9.80. The highest BCUT2D eigenvalue weighted by atomic mass is 79.9. The van der Waals surface area contributed by atoms with Crippen LogP contribution in [0.5, 0.6) is 0 Å². The molecule has 0 saturated carbocycles. The lowest BCUT2D eigenvalue weighted by molar-refractivity contribution is 1.13. The average Bonchev–Trinajstić information content (AvgIpc) is 2.30. The van der Waals surface area contributed by atoms with E-state index in [1.807, 2.05) is 26.0 Å². The molecule has 0 atom stereocenters. The first-order valence-corrected chi connectivity index (χ1v) is 7.42. The van der Waals surface area contributed by atoms with Gasteiger partial charge in [-0.15, -0.1) is 0 Å². The van der Waals surface area contributed by atoms with Crippen molar-refractivity contribution in [2.24, 2.45) is 0 Å². The van der Waals surface area contributed by atoms with E-state index >= 15 is 0 Å². The molecule has 2 aromatic rings. The second-order valence-electron chi connectivity index (χ2n) is 3.50. The number of aromatic nitrogens is 2. The first-order valence-electron chi connectivity index (χ1n) is 5.04. The van der Waals surface area contributed by atoms with Crippen molar-refractivity contribution in [3.63, 3.8) is 0 Å². The van der Waals surface area contributed by atoms with Crippen molar-refractivity contribution in [1.29, 1.82) is 0 Å². The molecule has 0 aromatic carbocycles. The third kappa shape index (κ3) is 5.04. The van der Waals surface area contributed by atoms with E-state index < -0.39 is 0 Å². The maximum Gasteiger partial charge on any atom is 0.248 e. The van der Waals surface area contributed by atoms with Gasteiger partial charge in [0.2, 0.25) is 5.56 Å². The minimum absolute atomic E-state index is 0.0595. The van der Waals surface area contributed by atoms with Crippen LogP contribution in [0.2, 0.25) is 0 Å². The van der Waals surface area contributed by atoms with Crippen LogP contribution >= 0.6 is 47.8 Å². The molecule has 18 heavy (non-hydrogen) atoms. The molecule has 0 spiro atoms. The number of hydrogen-bond donors (Lipinski definition) is 1. The molecule has 0 fully saturated rings. The largest absolute Gasteiger partial charge is 0.325 e. The minimum atomic E-state index is -0.0595. The molecule has 0 saturated heterocycles. The predicted molar refractivity (Wildman–Crippen MR) is 83.9 cm³/mol. The zero-order chi connectivity index (χ0) is 13.7. The monoisotopic (exact) mass is 436 g/mol. The molecule has 0 amide bonds. The van der Waals surface area contributed by atoms with Crippen LogP contribution in [0.15, 0.2) is 42.6 Å². The van der Waals surface area contributed by atoms with Gasteiger partial charge in [0.05, 0.1) is 5.69 Å². The third-order valence-electron chi connectivity index (χ3n) is 2.04. The minimum Gasteiger partial charge on any atom is -0.325 e. The summed E-state index contributed by atoms with van der Waals surface area (Å²) in [5, 5.41) is 0. The van der Waals surface area contributed by atoms with Crippen LogP contribution < -0.4 is 5.56 Å². The van der Waals surface area contributed by atoms with Gasteiger partial charge in [0, 0.05) is 20.7 Å². The van der Waals surface area contributed by atoms with Crippen molar-refractivity contribution < 1.29 is 0 Å². The van der Waals surface area contributed by atoms with Gasteiger partial charge in [-0.1, -0.05) is 0 Å². The van der Waals surface area contributed by atoms with Crippen LogP contribution in [0.3, 0.4) is 0 Å². The number of aromatic amines is 1. The molecule has 0 aliphatic rings. The summed E-state index contributed by atoms with van der Waals surface area (Å²) in [7, 11) is 0. The first kappa shape index (κ1) is 15.6. The fourth-order valence-corrected chi connectivity index (χ4v) is 1.92. The summed E-state index contributed by atoms with van der Waals surface area (Å²) in [6, 6.07) is 7.08. The van der Waals surface area contributed by atoms with Gasteiger partial charge in [0.1, 0.15) is 4.60 Å². The fourth-order valence-electron chi connectivity index (χ4n) is 1.07. The summed E-state index contributed by atoms with van der Waals surface area (Å²) in [6.45, 7) is 3.79. The quantitative estimate of drug-likeness (QED) is 0.621. The molecule has 0 aliphatic heterocycles. The number of rotatable bonds is 0. The van der Waals surface area contributed by atoms with Crippen LogP contribution in [-0.2, 0) is 0 Å². The number of aryl methyl sites for hydroxylation is 2. The summed E-state index contributed by atoms with van der Waals surface area (Å²) in [5.41, 5.74) is 1.81. The van der Waals surface area contributed by atoms with E-state index in [0.29, 0.717) is 0 Å². The Kier molecular flexibility index (Phi) is 6.25. The Hall–Kier alpha value is -0.460. The zero-order valence-corrected chi connectivity index (χ0v) is 14.6. The molecule has 2 aromatic heterocycles. The summed E-state index contributed by atoms with van der Waals surface area (Å²) in [5.74, 6) is 0. The Morgan fingerprint density at radius 1 is 1.00 bits per heavy atom. The molecule has 96 valence electrons. The van der Waals surface area contributed by atoms with E-state index in [-0.39, 0.29) is 5.56 Å². The molecule has 3 nitrogen and oxygen atoms in total. The maximum absolute atomic E-state index is 10.6. The van der Waals surface area contributed by atoms with Gasteiger partial charge in [-0.2, -0.15) is 0 Å². The van der Waals surface area contributed by atoms with E-state index in [1.54, 1.807) is 6.07 Å². The van der Waals surface area contributed by atoms with Gasteiger partial charge in [-0.05, 0) is 79.8 Å². The number of H-pyrrole nitrogens is 1. The SMILES string of the molecule is Cc1[nH]c(=O)ccc1Br.Cc1nc(Br)ccc1Br. The molecule has 0 aliphatic carbocycles. The molecule has 0 unspecified atom stereocenters. The Morgan fingerprint density at radius 3 is 2.06 bits per heavy atom. The number of nitrogens with zero attached hydrogens (tertiary/aromatic N) is 1. The lowest BCUT2D eigenvalue weighted by Gasteiger charge is -1.94. The van der Waals surface area contributed by atoms with Crippen molar-refractivity contribution in [2.45, 2.75) is 13.8 Å². The van der Waals surface area contributed by atoms with Crippen molar-refractivity contribution in [1.82, 2.24) is 9.97 Å². The standard InChI is InChI=1S/C6H5Br2N.C6H6BrNO/c1-4-5(7)2-3-6(8)9-4;1-4-5(7)2-3-6(9)8-4/h2-3H,1H3;2-3H,1H3,(H,8,9). The Balaban J connectivity index is 0.000000180. The maximum atomic E-state index is 10.6. The van der Waals surface area contributed by atoms with Crippen LogP contribution in [0.1, 0.15) is 11.4 Å². The second-order valence-corrected chi connectivity index (χ2v) is 6.02. The van der Waals surface area contributed by atoms with E-state index in [0.717, 1.165) is 24.9 Å². The van der Waals surface area contributed by atoms with Crippen molar-refractivity contribution in [3.05, 3.63) is 59.6 Å². The molecular weight excluding hydrogens is 428 g/mol. The molecule has 0 bridgehead atoms. The van der Waals surface area contributed by atoms with Crippen LogP contribution in [0, 0.1) is 13.8 Å². The van der Waals surface area contributed by atoms with Crippen LogP contribution in [0.25, 0.3) is 0 Å². The van der Waals surface area contributed by atoms with Crippen LogP contribution in [0.4, 0.5) is 0 Å². The lowest BCUT2D eigenvalue weighted by Crippen LogP contribution is -2.04. The molecule has 0 radical (unpaired) electrons. The Bertz CT molecular complexity index is 596. The molecule has 2 rings (SSSR count). The van der Waals surface area contributed by atoms with Gasteiger partial charge < -0.3 is 4.98 Å². The average molecular weight is 439 g/mol. The highest BCUT2D eigenvalue weighted by molar-refractivity contribution is 9.11. The number of nitrogens with one attached hydrogen (secondary N) is 1. The van der Waals surface area contributed by atoms with E-state index in [1.165, 1.54) is 6.07 Å². The van der Waals surface area contributed by atoms with Gasteiger partial charge >= 0.3 is 0 Å².